The molecular formula is C19H20ClFN2O3. The molecule has 2 amide bonds. The van der Waals surface area contributed by atoms with Gasteiger partial charge in [-0.3, -0.25) is 14.5 Å². The van der Waals surface area contributed by atoms with Crippen LogP contribution in [0.3, 0.4) is 0 Å². The Morgan fingerprint density at radius 3 is 2.46 bits per heavy atom. The smallest absolute Gasteiger partial charge is 0.240 e. The van der Waals surface area contributed by atoms with Gasteiger partial charge < -0.3 is 10.1 Å². The SMILES string of the molecule is COc1cc(Cl)c(C)cc1N(CC(=O)NCc1ccc(F)cc1)C(C)=O. The molecule has 0 fully saturated rings. The van der Waals surface area contributed by atoms with Crippen LogP contribution in [0, 0.1) is 12.7 Å². The molecule has 0 aliphatic heterocycles. The van der Waals surface area contributed by atoms with E-state index in [1.165, 1.54) is 31.1 Å². The highest BCUT2D eigenvalue weighted by Gasteiger charge is 2.20. The number of benzene rings is 2. The van der Waals surface area contributed by atoms with Crippen molar-refractivity contribution in [3.8, 4) is 5.75 Å². The Labute approximate surface area is 156 Å². The van der Waals surface area contributed by atoms with Crippen molar-refractivity contribution in [2.24, 2.45) is 0 Å². The largest absolute Gasteiger partial charge is 0.495 e. The van der Waals surface area contributed by atoms with Crippen LogP contribution < -0.4 is 15.0 Å². The normalized spacial score (nSPS) is 10.3. The maximum atomic E-state index is 12.9. The van der Waals surface area contributed by atoms with E-state index in [1.807, 2.05) is 0 Å². The van der Waals surface area contributed by atoms with Gasteiger partial charge in [0.15, 0.2) is 0 Å². The third-order valence-electron chi connectivity index (χ3n) is 3.84. The number of methoxy groups -OCH3 is 1. The molecule has 0 spiro atoms. The highest BCUT2D eigenvalue weighted by molar-refractivity contribution is 6.31. The van der Waals surface area contributed by atoms with Gasteiger partial charge in [-0.2, -0.15) is 0 Å². The molecule has 0 aliphatic rings. The summed E-state index contributed by atoms with van der Waals surface area (Å²) in [5, 5.41) is 3.22. The first-order valence-electron chi connectivity index (χ1n) is 7.95. The summed E-state index contributed by atoms with van der Waals surface area (Å²) in [4.78, 5) is 25.7. The van der Waals surface area contributed by atoms with Crippen LogP contribution in [-0.4, -0.2) is 25.5 Å². The van der Waals surface area contributed by atoms with E-state index in [9.17, 15) is 14.0 Å². The summed E-state index contributed by atoms with van der Waals surface area (Å²) in [6, 6.07) is 9.14. The second-order valence-corrected chi connectivity index (χ2v) is 6.19. The standard InChI is InChI=1S/C19H20ClFN2O3/c1-12-8-17(18(26-3)9-16(12)20)23(13(2)24)11-19(25)22-10-14-4-6-15(21)7-5-14/h4-9H,10-11H2,1-3H3,(H,22,25). The summed E-state index contributed by atoms with van der Waals surface area (Å²) in [5.41, 5.74) is 1.99. The Morgan fingerprint density at radius 1 is 1.23 bits per heavy atom. The summed E-state index contributed by atoms with van der Waals surface area (Å²) in [7, 11) is 1.47. The number of hydrogen-bond donors (Lipinski definition) is 1. The minimum atomic E-state index is -0.348. The Balaban J connectivity index is 2.13. The minimum Gasteiger partial charge on any atom is -0.495 e. The maximum Gasteiger partial charge on any atom is 0.240 e. The molecule has 5 nitrogen and oxygen atoms in total. The molecule has 0 radical (unpaired) electrons. The van der Waals surface area contributed by atoms with E-state index in [1.54, 1.807) is 31.2 Å². The van der Waals surface area contributed by atoms with E-state index in [4.69, 9.17) is 16.3 Å². The van der Waals surface area contributed by atoms with Gasteiger partial charge in [0, 0.05) is 24.6 Å². The van der Waals surface area contributed by atoms with Crippen LogP contribution >= 0.6 is 11.6 Å². The van der Waals surface area contributed by atoms with Gasteiger partial charge in [0.25, 0.3) is 0 Å². The predicted octanol–water partition coefficient (Wildman–Crippen LogP) is 3.47. The summed E-state index contributed by atoms with van der Waals surface area (Å²) in [6.07, 6.45) is 0. The van der Waals surface area contributed by atoms with Crippen LogP contribution in [0.2, 0.25) is 5.02 Å². The van der Waals surface area contributed by atoms with Crippen LogP contribution in [-0.2, 0) is 16.1 Å². The zero-order valence-corrected chi connectivity index (χ0v) is 15.6. The maximum absolute atomic E-state index is 12.9. The molecule has 1 N–H and O–H groups in total. The van der Waals surface area contributed by atoms with E-state index in [2.05, 4.69) is 5.32 Å². The number of amides is 2. The Bertz CT molecular complexity index is 809. The van der Waals surface area contributed by atoms with Gasteiger partial charge in [-0.25, -0.2) is 4.39 Å². The third-order valence-corrected chi connectivity index (χ3v) is 4.24. The second-order valence-electron chi connectivity index (χ2n) is 5.78. The number of anilines is 1. The van der Waals surface area contributed by atoms with Gasteiger partial charge in [0.05, 0.1) is 12.8 Å². The number of halogens is 2. The zero-order valence-electron chi connectivity index (χ0n) is 14.8. The minimum absolute atomic E-state index is 0.173. The van der Waals surface area contributed by atoms with E-state index in [0.717, 1.165) is 11.1 Å². The lowest BCUT2D eigenvalue weighted by Crippen LogP contribution is -2.39. The van der Waals surface area contributed by atoms with Gasteiger partial charge in [-0.15, -0.1) is 0 Å². The molecule has 0 heterocycles. The number of rotatable bonds is 6. The Kier molecular flexibility index (Phi) is 6.58. The van der Waals surface area contributed by atoms with E-state index >= 15 is 0 Å². The first kappa shape index (κ1) is 19.7. The van der Waals surface area contributed by atoms with Gasteiger partial charge in [0.2, 0.25) is 11.8 Å². The number of carbonyl (C=O) groups is 2. The van der Waals surface area contributed by atoms with E-state index < -0.39 is 0 Å². The molecule has 0 atom stereocenters. The predicted molar refractivity (Wildman–Crippen MR) is 99.0 cm³/mol. The number of hydrogen-bond acceptors (Lipinski definition) is 3. The van der Waals surface area contributed by atoms with Gasteiger partial charge in [-0.1, -0.05) is 23.7 Å². The lowest BCUT2D eigenvalue weighted by Gasteiger charge is -2.23. The first-order chi connectivity index (χ1) is 12.3. The Hall–Kier alpha value is -2.60. The summed E-state index contributed by atoms with van der Waals surface area (Å²) >= 11 is 6.09. The first-order valence-corrected chi connectivity index (χ1v) is 8.33. The van der Waals surface area contributed by atoms with Crippen molar-refractivity contribution in [3.63, 3.8) is 0 Å². The molecule has 0 aromatic heterocycles. The van der Waals surface area contributed by atoms with E-state index in [-0.39, 0.29) is 30.7 Å². The van der Waals surface area contributed by atoms with Crippen LogP contribution in [0.5, 0.6) is 5.75 Å². The monoisotopic (exact) mass is 378 g/mol. The molecule has 2 aromatic rings. The number of aryl methyl sites for hydroxylation is 1. The molecule has 0 saturated heterocycles. The average molecular weight is 379 g/mol. The number of nitrogens with zero attached hydrogens (tertiary/aromatic N) is 1. The molecule has 26 heavy (non-hydrogen) atoms. The van der Waals surface area contributed by atoms with E-state index in [0.29, 0.717) is 16.5 Å². The topological polar surface area (TPSA) is 58.6 Å². The molecule has 7 heteroatoms. The number of ether oxygens (including phenoxy) is 1. The lowest BCUT2D eigenvalue weighted by atomic mass is 10.1. The summed E-state index contributed by atoms with van der Waals surface area (Å²) in [5.74, 6) is -0.587. The average Bonchev–Trinajstić information content (AvgIpc) is 2.61. The van der Waals surface area contributed by atoms with Crippen molar-refractivity contribution in [1.82, 2.24) is 5.32 Å². The quantitative estimate of drug-likeness (QED) is 0.837. The molecular weight excluding hydrogens is 359 g/mol. The number of nitrogens with one attached hydrogen (secondary N) is 1. The molecule has 2 rings (SSSR count). The van der Waals surface area contributed by atoms with Crippen molar-refractivity contribution in [2.75, 3.05) is 18.6 Å². The van der Waals surface area contributed by atoms with Crippen LogP contribution in [0.1, 0.15) is 18.1 Å². The molecule has 0 aliphatic carbocycles. The molecule has 0 saturated carbocycles. The van der Waals surface area contributed by atoms with Gasteiger partial charge in [0.1, 0.15) is 18.1 Å². The fourth-order valence-electron chi connectivity index (χ4n) is 2.39. The van der Waals surface area contributed by atoms with Crippen molar-refractivity contribution in [2.45, 2.75) is 20.4 Å². The van der Waals surface area contributed by atoms with Crippen LogP contribution in [0.25, 0.3) is 0 Å². The van der Waals surface area contributed by atoms with Crippen molar-refractivity contribution in [3.05, 3.63) is 58.4 Å². The van der Waals surface area contributed by atoms with Crippen molar-refractivity contribution >= 4 is 29.1 Å². The lowest BCUT2D eigenvalue weighted by molar-refractivity contribution is -0.123. The molecule has 138 valence electrons. The molecule has 2 aromatic carbocycles. The van der Waals surface area contributed by atoms with Crippen molar-refractivity contribution < 1.29 is 18.7 Å². The van der Waals surface area contributed by atoms with Crippen LogP contribution in [0.4, 0.5) is 10.1 Å². The zero-order chi connectivity index (χ0) is 19.3. The van der Waals surface area contributed by atoms with Crippen molar-refractivity contribution in [1.29, 1.82) is 0 Å². The third kappa shape index (κ3) is 4.95. The highest BCUT2D eigenvalue weighted by atomic mass is 35.5. The van der Waals surface area contributed by atoms with Gasteiger partial charge in [-0.05, 0) is 36.2 Å². The number of carbonyl (C=O) groups excluding carboxylic acids is 2. The highest BCUT2D eigenvalue weighted by Crippen LogP contribution is 2.33. The van der Waals surface area contributed by atoms with Crippen LogP contribution in [0.15, 0.2) is 36.4 Å². The fourth-order valence-corrected chi connectivity index (χ4v) is 2.54. The molecule has 0 unspecified atom stereocenters. The Morgan fingerprint density at radius 2 is 1.88 bits per heavy atom. The van der Waals surface area contributed by atoms with Gasteiger partial charge >= 0.3 is 0 Å². The molecule has 0 bridgehead atoms. The second kappa shape index (κ2) is 8.67. The fraction of sp³-hybridized carbons (Fsp3) is 0.263. The summed E-state index contributed by atoms with van der Waals surface area (Å²) < 4.78 is 18.2. The summed E-state index contributed by atoms with van der Waals surface area (Å²) in [6.45, 7) is 3.24.